The summed E-state index contributed by atoms with van der Waals surface area (Å²) in [5, 5.41) is 0. The summed E-state index contributed by atoms with van der Waals surface area (Å²) in [4.78, 5) is 1.88. The van der Waals surface area contributed by atoms with Crippen molar-refractivity contribution in [2.45, 2.75) is 70.8 Å². The maximum absolute atomic E-state index is 5.05. The van der Waals surface area contributed by atoms with Gasteiger partial charge < -0.3 is 0 Å². The standard InChI is InChI=1S/C46H46S6/c1-45(2,37-13-6-31(27-48)7-14-37)39-15-12-34(28-49)36(22-39)25-46(3,38-16-19-41(51)20-17-38)40-18-21-44(52)43(24-40)42-23-33(10-11-35(42)29-50)32-8-4-30(26-47)5-9-32/h4-24,47-52H,25-29H2,1-3H3. The second-order valence-corrected chi connectivity index (χ2v) is 16.6. The molecule has 1 unspecified atom stereocenters. The van der Waals surface area contributed by atoms with Gasteiger partial charge in [0.05, 0.1) is 0 Å². The van der Waals surface area contributed by atoms with Crippen LogP contribution >= 0.6 is 75.8 Å². The number of hydrogen-bond donors (Lipinski definition) is 6. The van der Waals surface area contributed by atoms with Gasteiger partial charge in [0.2, 0.25) is 0 Å². The summed E-state index contributed by atoms with van der Waals surface area (Å²) in [5.41, 5.74) is 15.2. The van der Waals surface area contributed by atoms with Crippen LogP contribution in [0, 0.1) is 0 Å². The monoisotopic (exact) mass is 790 g/mol. The predicted octanol–water partition coefficient (Wildman–Crippen LogP) is 13.2. The molecule has 52 heavy (non-hydrogen) atoms. The van der Waals surface area contributed by atoms with Crippen molar-refractivity contribution in [1.82, 2.24) is 0 Å². The van der Waals surface area contributed by atoms with Crippen LogP contribution < -0.4 is 0 Å². The molecule has 0 amide bonds. The van der Waals surface area contributed by atoms with E-state index in [1.807, 2.05) is 0 Å². The van der Waals surface area contributed by atoms with Crippen molar-refractivity contribution in [2.75, 3.05) is 0 Å². The highest BCUT2D eigenvalue weighted by atomic mass is 32.1. The Morgan fingerprint density at radius 3 is 1.58 bits per heavy atom. The summed E-state index contributed by atoms with van der Waals surface area (Å²) < 4.78 is 0. The third-order valence-electron chi connectivity index (χ3n) is 10.7. The lowest BCUT2D eigenvalue weighted by Gasteiger charge is -2.34. The van der Waals surface area contributed by atoms with E-state index in [4.69, 9.17) is 37.9 Å². The van der Waals surface area contributed by atoms with Crippen LogP contribution in [0.4, 0.5) is 0 Å². The molecule has 6 rings (SSSR count). The van der Waals surface area contributed by atoms with E-state index in [1.165, 1.54) is 55.6 Å². The predicted molar refractivity (Wildman–Crippen MR) is 244 cm³/mol. The number of hydrogen-bond acceptors (Lipinski definition) is 6. The van der Waals surface area contributed by atoms with Gasteiger partial charge in [-0.3, -0.25) is 0 Å². The van der Waals surface area contributed by atoms with Crippen LogP contribution in [0.5, 0.6) is 0 Å². The van der Waals surface area contributed by atoms with E-state index in [-0.39, 0.29) is 10.8 Å². The molecule has 0 saturated carbocycles. The van der Waals surface area contributed by atoms with Gasteiger partial charge in [-0.05, 0) is 109 Å². The van der Waals surface area contributed by atoms with Gasteiger partial charge in [0.25, 0.3) is 0 Å². The average molecular weight is 791 g/mol. The molecule has 6 aromatic rings. The molecular weight excluding hydrogens is 745 g/mol. The smallest absolute Gasteiger partial charge is 0.0215 e. The molecule has 6 aromatic carbocycles. The topological polar surface area (TPSA) is 0 Å². The molecule has 0 aromatic heterocycles. The molecule has 0 N–H and O–H groups in total. The number of benzene rings is 6. The molecule has 0 spiro atoms. The van der Waals surface area contributed by atoms with Crippen molar-refractivity contribution < 1.29 is 0 Å². The van der Waals surface area contributed by atoms with Crippen LogP contribution in [0.15, 0.2) is 137 Å². The lowest BCUT2D eigenvalue weighted by Crippen LogP contribution is -2.28. The lowest BCUT2D eigenvalue weighted by molar-refractivity contribution is 0.562. The molecule has 0 aliphatic rings. The molecule has 0 aliphatic carbocycles. The minimum absolute atomic E-state index is 0.189. The Kier molecular flexibility index (Phi) is 12.7. The molecule has 0 nitrogen and oxygen atoms in total. The Morgan fingerprint density at radius 1 is 0.423 bits per heavy atom. The van der Waals surface area contributed by atoms with Gasteiger partial charge in [0.1, 0.15) is 0 Å². The fourth-order valence-electron chi connectivity index (χ4n) is 7.15. The summed E-state index contributed by atoms with van der Waals surface area (Å²) >= 11 is 28.2. The first kappa shape index (κ1) is 39.1. The zero-order chi connectivity index (χ0) is 37.0. The van der Waals surface area contributed by atoms with E-state index in [1.54, 1.807) is 0 Å². The van der Waals surface area contributed by atoms with E-state index in [9.17, 15) is 0 Å². The van der Waals surface area contributed by atoms with Crippen LogP contribution in [-0.4, -0.2) is 0 Å². The van der Waals surface area contributed by atoms with Crippen molar-refractivity contribution in [3.63, 3.8) is 0 Å². The molecule has 0 fully saturated rings. The summed E-state index contributed by atoms with van der Waals surface area (Å²) in [5.74, 6) is 2.73. The van der Waals surface area contributed by atoms with E-state index in [2.05, 4.69) is 186 Å². The van der Waals surface area contributed by atoms with Gasteiger partial charge >= 0.3 is 0 Å². The Balaban J connectivity index is 1.48. The molecule has 0 bridgehead atoms. The van der Waals surface area contributed by atoms with Crippen molar-refractivity contribution in [1.29, 1.82) is 0 Å². The van der Waals surface area contributed by atoms with E-state index in [0.717, 1.165) is 44.4 Å². The third-order valence-corrected chi connectivity index (χ3v) is 12.8. The molecule has 6 heteroatoms. The van der Waals surface area contributed by atoms with Gasteiger partial charge in [-0.25, -0.2) is 0 Å². The summed E-state index contributed by atoms with van der Waals surface area (Å²) in [6.45, 7) is 6.99. The second-order valence-electron chi connectivity index (χ2n) is 14.3. The van der Waals surface area contributed by atoms with Gasteiger partial charge in [0.15, 0.2) is 0 Å². The van der Waals surface area contributed by atoms with Crippen molar-refractivity contribution in [3.8, 4) is 22.3 Å². The van der Waals surface area contributed by atoms with Crippen molar-refractivity contribution >= 4 is 75.8 Å². The fourth-order valence-corrected chi connectivity index (χ4v) is 8.56. The first-order valence-electron chi connectivity index (χ1n) is 17.5. The van der Waals surface area contributed by atoms with Gasteiger partial charge in [-0.15, -0.1) is 25.3 Å². The number of thiol groups is 6. The zero-order valence-electron chi connectivity index (χ0n) is 29.8. The molecule has 0 saturated heterocycles. The third kappa shape index (κ3) is 8.23. The average Bonchev–Trinajstić information content (AvgIpc) is 3.18. The highest BCUT2D eigenvalue weighted by molar-refractivity contribution is 7.80. The summed E-state index contributed by atoms with van der Waals surface area (Å²) in [6, 6.07) is 46.6. The first-order valence-corrected chi connectivity index (χ1v) is 20.9. The highest BCUT2D eigenvalue weighted by Gasteiger charge is 2.32. The Hall–Kier alpha value is -2.58. The maximum Gasteiger partial charge on any atom is 0.0215 e. The molecule has 0 aliphatic heterocycles. The molecule has 1 atom stereocenters. The van der Waals surface area contributed by atoms with Crippen LogP contribution in [0.3, 0.4) is 0 Å². The number of rotatable bonds is 12. The molecule has 266 valence electrons. The Bertz CT molecular complexity index is 2150. The Labute approximate surface area is 343 Å². The van der Waals surface area contributed by atoms with Crippen molar-refractivity contribution in [2.24, 2.45) is 0 Å². The zero-order valence-corrected chi connectivity index (χ0v) is 35.2. The summed E-state index contributed by atoms with van der Waals surface area (Å²) in [6.07, 6.45) is 0.791. The van der Waals surface area contributed by atoms with Gasteiger partial charge in [-0.2, -0.15) is 50.5 Å². The van der Waals surface area contributed by atoms with Crippen LogP contribution in [0.25, 0.3) is 22.3 Å². The van der Waals surface area contributed by atoms with Gasteiger partial charge in [0, 0.05) is 43.6 Å². The molecular formula is C46H46S6. The van der Waals surface area contributed by atoms with Crippen LogP contribution in [0.2, 0.25) is 0 Å². The van der Waals surface area contributed by atoms with E-state index >= 15 is 0 Å². The molecule has 0 radical (unpaired) electrons. The summed E-state index contributed by atoms with van der Waals surface area (Å²) in [7, 11) is 0. The van der Waals surface area contributed by atoms with Crippen LogP contribution in [-0.2, 0) is 40.3 Å². The minimum atomic E-state index is -0.381. The lowest BCUT2D eigenvalue weighted by atomic mass is 9.70. The quantitative estimate of drug-likeness (QED) is 0.0654. The van der Waals surface area contributed by atoms with E-state index in [0.29, 0.717) is 11.5 Å². The van der Waals surface area contributed by atoms with Gasteiger partial charge in [-0.1, -0.05) is 118 Å². The van der Waals surface area contributed by atoms with E-state index < -0.39 is 0 Å². The highest BCUT2D eigenvalue weighted by Crippen LogP contribution is 2.43. The Morgan fingerprint density at radius 2 is 0.962 bits per heavy atom. The normalized spacial score (nSPS) is 12.9. The van der Waals surface area contributed by atoms with Crippen molar-refractivity contribution in [3.05, 3.63) is 177 Å². The minimum Gasteiger partial charge on any atom is -0.175 e. The largest absolute Gasteiger partial charge is 0.175 e. The SMILES string of the molecule is CC(C)(c1ccc(CS)cc1)c1ccc(CS)c(CC(C)(c2ccc(S)cc2)c2ccc(S)c(-c3cc(-c4ccc(CS)cc4)ccc3CS)c2)c1. The molecule has 0 heterocycles. The maximum atomic E-state index is 5.05. The van der Waals surface area contributed by atoms with Crippen LogP contribution in [0.1, 0.15) is 70.8 Å². The fraction of sp³-hybridized carbons (Fsp3) is 0.217. The second kappa shape index (κ2) is 16.8. The first-order chi connectivity index (χ1) is 25.0.